The topological polar surface area (TPSA) is 80.4 Å². The van der Waals surface area contributed by atoms with E-state index in [0.717, 1.165) is 0 Å². The maximum atomic E-state index is 10.9. The maximum Gasteiger partial charge on any atom is 0.270 e. The molecule has 2 atom stereocenters. The molecule has 0 fully saturated rings. The van der Waals surface area contributed by atoms with E-state index in [4.69, 9.17) is 0 Å². The summed E-state index contributed by atoms with van der Waals surface area (Å²) in [6, 6.07) is 4.12. The van der Waals surface area contributed by atoms with Crippen LogP contribution in [0, 0.1) is 10.1 Å². The van der Waals surface area contributed by atoms with E-state index >= 15 is 0 Å². The van der Waals surface area contributed by atoms with Gasteiger partial charge in [0.15, 0.2) is 6.29 Å². The van der Waals surface area contributed by atoms with Crippen LogP contribution < -0.4 is 0 Å². The molecule has 0 bridgehead atoms. The van der Waals surface area contributed by atoms with Crippen molar-refractivity contribution >= 4 is 23.7 Å². The molecule has 1 aromatic carbocycles. The molecule has 1 N–H and O–H groups in total. The van der Waals surface area contributed by atoms with Crippen LogP contribution in [0.4, 0.5) is 5.69 Å². The Morgan fingerprint density at radius 2 is 2.12 bits per heavy atom. The molecular formula is C11H13NO4S. The van der Waals surface area contributed by atoms with Crippen LogP contribution in [0.2, 0.25) is 0 Å². The van der Waals surface area contributed by atoms with Gasteiger partial charge in [0.25, 0.3) is 5.69 Å². The number of nitrogens with zero attached hydrogens (tertiary/aromatic N) is 1. The lowest BCUT2D eigenvalue weighted by molar-refractivity contribution is -0.384. The fourth-order valence-electron chi connectivity index (χ4n) is 1.15. The Hall–Kier alpha value is -1.40. The highest BCUT2D eigenvalue weighted by Gasteiger charge is 2.15. The van der Waals surface area contributed by atoms with Crippen molar-refractivity contribution in [1.82, 2.24) is 0 Å². The average Bonchev–Trinajstić information content (AvgIpc) is 2.28. The summed E-state index contributed by atoms with van der Waals surface area (Å²) in [5.74, 6) is 0. The molecule has 1 rings (SSSR count). The van der Waals surface area contributed by atoms with Gasteiger partial charge in [-0.2, -0.15) is 0 Å². The number of nitro groups is 1. The summed E-state index contributed by atoms with van der Waals surface area (Å²) in [6.45, 7) is 3.48. The summed E-state index contributed by atoms with van der Waals surface area (Å²) in [5, 5.41) is 19.8. The minimum absolute atomic E-state index is 0.0878. The maximum absolute atomic E-state index is 10.9. The SMILES string of the molecule is CC(O)C(C)Sc1ccc([N+](=O)[O-])cc1C=O. The van der Waals surface area contributed by atoms with Crippen molar-refractivity contribution in [2.75, 3.05) is 0 Å². The van der Waals surface area contributed by atoms with Gasteiger partial charge < -0.3 is 5.11 Å². The normalized spacial score (nSPS) is 14.1. The van der Waals surface area contributed by atoms with Gasteiger partial charge in [0.1, 0.15) is 0 Å². The van der Waals surface area contributed by atoms with Crippen molar-refractivity contribution in [2.24, 2.45) is 0 Å². The minimum atomic E-state index is -0.542. The number of aldehydes is 1. The first-order valence-corrected chi connectivity index (χ1v) is 5.92. The number of thioether (sulfide) groups is 1. The molecule has 17 heavy (non-hydrogen) atoms. The number of aliphatic hydroxyl groups is 1. The first-order chi connectivity index (χ1) is 7.95. The van der Waals surface area contributed by atoms with E-state index in [1.54, 1.807) is 6.92 Å². The van der Waals surface area contributed by atoms with Crippen LogP contribution in [0.3, 0.4) is 0 Å². The van der Waals surface area contributed by atoms with Crippen LogP contribution in [-0.4, -0.2) is 27.7 Å². The zero-order valence-corrected chi connectivity index (χ0v) is 10.3. The third kappa shape index (κ3) is 3.54. The lowest BCUT2D eigenvalue weighted by atomic mass is 10.2. The monoisotopic (exact) mass is 255 g/mol. The quantitative estimate of drug-likeness (QED) is 0.378. The molecule has 0 radical (unpaired) electrons. The number of benzene rings is 1. The summed E-state index contributed by atoms with van der Waals surface area (Å²) < 4.78 is 0. The first-order valence-electron chi connectivity index (χ1n) is 5.04. The molecular weight excluding hydrogens is 242 g/mol. The van der Waals surface area contributed by atoms with E-state index in [1.807, 2.05) is 6.92 Å². The number of carbonyl (C=O) groups excluding carboxylic acids is 1. The highest BCUT2D eigenvalue weighted by Crippen LogP contribution is 2.30. The van der Waals surface area contributed by atoms with Gasteiger partial charge >= 0.3 is 0 Å². The lowest BCUT2D eigenvalue weighted by Gasteiger charge is -2.14. The molecule has 0 saturated carbocycles. The van der Waals surface area contributed by atoms with E-state index in [9.17, 15) is 20.0 Å². The van der Waals surface area contributed by atoms with E-state index < -0.39 is 11.0 Å². The molecule has 1 aromatic rings. The fraction of sp³-hybridized carbons (Fsp3) is 0.364. The zero-order chi connectivity index (χ0) is 13.0. The number of rotatable bonds is 5. The van der Waals surface area contributed by atoms with Gasteiger partial charge in [-0.25, -0.2) is 0 Å². The number of hydrogen-bond acceptors (Lipinski definition) is 5. The van der Waals surface area contributed by atoms with E-state index in [-0.39, 0.29) is 16.5 Å². The molecule has 0 spiro atoms. The van der Waals surface area contributed by atoms with Crippen LogP contribution in [0.15, 0.2) is 23.1 Å². The molecule has 0 aliphatic rings. The third-order valence-corrected chi connectivity index (χ3v) is 3.71. The summed E-state index contributed by atoms with van der Waals surface area (Å²) in [5.41, 5.74) is 0.165. The van der Waals surface area contributed by atoms with Crippen LogP contribution in [-0.2, 0) is 0 Å². The summed E-state index contributed by atoms with van der Waals surface area (Å²) in [7, 11) is 0. The van der Waals surface area contributed by atoms with Crippen molar-refractivity contribution in [2.45, 2.75) is 30.1 Å². The zero-order valence-electron chi connectivity index (χ0n) is 9.49. The summed E-state index contributed by atoms with van der Waals surface area (Å²) in [6.07, 6.45) is 0.0686. The van der Waals surface area contributed by atoms with E-state index in [1.165, 1.54) is 30.0 Å². The van der Waals surface area contributed by atoms with Crippen molar-refractivity contribution in [3.63, 3.8) is 0 Å². The Labute approximate surface area is 103 Å². The molecule has 92 valence electrons. The van der Waals surface area contributed by atoms with Crippen LogP contribution in [0.25, 0.3) is 0 Å². The predicted molar refractivity (Wildman–Crippen MR) is 65.5 cm³/mol. The molecule has 0 aromatic heterocycles. The second kappa shape index (κ2) is 5.79. The number of hydrogen-bond donors (Lipinski definition) is 1. The van der Waals surface area contributed by atoms with Crippen molar-refractivity contribution in [3.05, 3.63) is 33.9 Å². The van der Waals surface area contributed by atoms with Gasteiger partial charge in [-0.05, 0) is 13.0 Å². The van der Waals surface area contributed by atoms with Gasteiger partial charge in [-0.15, -0.1) is 11.8 Å². The molecule has 0 aliphatic carbocycles. The number of carbonyl (C=O) groups is 1. The Morgan fingerprint density at radius 1 is 1.47 bits per heavy atom. The average molecular weight is 255 g/mol. The fourth-order valence-corrected chi connectivity index (χ4v) is 2.13. The van der Waals surface area contributed by atoms with Gasteiger partial charge in [-0.3, -0.25) is 14.9 Å². The first kappa shape index (κ1) is 13.7. The van der Waals surface area contributed by atoms with Gasteiger partial charge in [0.2, 0.25) is 0 Å². The summed E-state index contributed by atoms with van der Waals surface area (Å²) >= 11 is 1.32. The van der Waals surface area contributed by atoms with Crippen LogP contribution in [0.1, 0.15) is 24.2 Å². The van der Waals surface area contributed by atoms with E-state index in [2.05, 4.69) is 0 Å². The van der Waals surface area contributed by atoms with Crippen molar-refractivity contribution in [1.29, 1.82) is 0 Å². The number of aliphatic hydroxyl groups excluding tert-OH is 1. The Kier molecular flexibility index (Phi) is 4.65. The molecule has 0 heterocycles. The molecule has 6 heteroatoms. The Bertz CT molecular complexity index is 433. The molecule has 0 amide bonds. The largest absolute Gasteiger partial charge is 0.392 e. The summed E-state index contributed by atoms with van der Waals surface area (Å²) in [4.78, 5) is 21.5. The third-order valence-electron chi connectivity index (χ3n) is 2.32. The molecule has 0 aliphatic heterocycles. The van der Waals surface area contributed by atoms with Crippen molar-refractivity contribution < 1.29 is 14.8 Å². The highest BCUT2D eigenvalue weighted by atomic mass is 32.2. The molecule has 0 saturated heterocycles. The molecule has 2 unspecified atom stereocenters. The van der Waals surface area contributed by atoms with Crippen LogP contribution in [0.5, 0.6) is 0 Å². The Morgan fingerprint density at radius 3 is 2.59 bits per heavy atom. The van der Waals surface area contributed by atoms with Gasteiger partial charge in [0.05, 0.1) is 11.0 Å². The smallest absolute Gasteiger partial charge is 0.270 e. The second-order valence-corrected chi connectivity index (χ2v) is 5.08. The minimum Gasteiger partial charge on any atom is -0.392 e. The van der Waals surface area contributed by atoms with Crippen LogP contribution >= 0.6 is 11.8 Å². The van der Waals surface area contributed by atoms with Crippen molar-refractivity contribution in [3.8, 4) is 0 Å². The predicted octanol–water partition coefficient (Wildman–Crippen LogP) is 2.27. The highest BCUT2D eigenvalue weighted by molar-refractivity contribution is 8.00. The Balaban J connectivity index is 3.01. The molecule has 5 nitrogen and oxygen atoms in total. The second-order valence-electron chi connectivity index (χ2n) is 3.66. The van der Waals surface area contributed by atoms with Gasteiger partial charge in [0, 0.05) is 27.8 Å². The number of nitro benzene ring substituents is 1. The number of non-ortho nitro benzene ring substituents is 1. The standard InChI is InChI=1S/C11H13NO4S/c1-7(14)8(2)17-11-4-3-10(12(15)16)5-9(11)6-13/h3-8,14H,1-2H3. The van der Waals surface area contributed by atoms with Gasteiger partial charge in [-0.1, -0.05) is 6.92 Å². The van der Waals surface area contributed by atoms with E-state index in [0.29, 0.717) is 11.2 Å². The lowest BCUT2D eigenvalue weighted by Crippen LogP contribution is -2.15.